The molecule has 4 nitrogen and oxygen atoms in total. The molecule has 0 saturated carbocycles. The fraction of sp³-hybridized carbons (Fsp3) is 0.200. The summed E-state index contributed by atoms with van der Waals surface area (Å²) in [6, 6.07) is 3.82. The summed E-state index contributed by atoms with van der Waals surface area (Å²) < 4.78 is 5.22. The van der Waals surface area contributed by atoms with E-state index in [9.17, 15) is 0 Å². The van der Waals surface area contributed by atoms with Crippen LogP contribution in [0, 0.1) is 6.92 Å². The van der Waals surface area contributed by atoms with E-state index in [1.807, 2.05) is 19.1 Å². The predicted molar refractivity (Wildman–Crippen MR) is 59.5 cm³/mol. The van der Waals surface area contributed by atoms with Gasteiger partial charge < -0.3 is 10.2 Å². The SMILES string of the molecule is Cc1coc(SCc2cccnc2N)n1. The zero-order valence-corrected chi connectivity index (χ0v) is 9.12. The molecule has 0 aliphatic carbocycles. The van der Waals surface area contributed by atoms with E-state index in [0.717, 1.165) is 17.0 Å². The molecule has 0 fully saturated rings. The van der Waals surface area contributed by atoms with Crippen LogP contribution in [0.25, 0.3) is 0 Å². The van der Waals surface area contributed by atoms with Crippen molar-refractivity contribution in [3.8, 4) is 0 Å². The van der Waals surface area contributed by atoms with Gasteiger partial charge in [0.1, 0.15) is 12.1 Å². The summed E-state index contributed by atoms with van der Waals surface area (Å²) in [5.41, 5.74) is 7.60. The van der Waals surface area contributed by atoms with Gasteiger partial charge in [-0.1, -0.05) is 17.8 Å². The van der Waals surface area contributed by atoms with Crippen LogP contribution in [-0.4, -0.2) is 9.97 Å². The van der Waals surface area contributed by atoms with Crippen LogP contribution in [0.15, 0.2) is 34.2 Å². The molecular formula is C10H11N3OS. The highest BCUT2D eigenvalue weighted by Gasteiger charge is 2.04. The third-order valence-corrected chi connectivity index (χ3v) is 2.76. The van der Waals surface area contributed by atoms with Crippen molar-refractivity contribution in [3.63, 3.8) is 0 Å². The van der Waals surface area contributed by atoms with Gasteiger partial charge in [-0.3, -0.25) is 0 Å². The highest BCUT2D eigenvalue weighted by Crippen LogP contribution is 2.23. The molecule has 2 rings (SSSR count). The van der Waals surface area contributed by atoms with Gasteiger partial charge in [-0.05, 0) is 13.0 Å². The van der Waals surface area contributed by atoms with Crippen LogP contribution in [0.1, 0.15) is 11.3 Å². The summed E-state index contributed by atoms with van der Waals surface area (Å²) in [6.07, 6.45) is 3.31. The third-order valence-electron chi connectivity index (χ3n) is 1.88. The van der Waals surface area contributed by atoms with Gasteiger partial charge in [-0.2, -0.15) is 0 Å². The summed E-state index contributed by atoms with van der Waals surface area (Å²) >= 11 is 1.51. The van der Waals surface area contributed by atoms with Crippen molar-refractivity contribution in [2.75, 3.05) is 5.73 Å². The van der Waals surface area contributed by atoms with E-state index < -0.39 is 0 Å². The number of nitrogens with zero attached hydrogens (tertiary/aromatic N) is 2. The zero-order valence-electron chi connectivity index (χ0n) is 8.30. The smallest absolute Gasteiger partial charge is 0.256 e. The summed E-state index contributed by atoms with van der Waals surface area (Å²) in [5, 5.41) is 0.663. The minimum absolute atomic E-state index is 0.563. The Labute approximate surface area is 91.9 Å². The molecule has 0 aliphatic rings. The standard InChI is InChI=1S/C10H11N3OS/c1-7-5-14-10(13-7)15-6-8-3-2-4-12-9(8)11/h2-5H,6H2,1H3,(H2,11,12). The maximum absolute atomic E-state index is 5.71. The van der Waals surface area contributed by atoms with Gasteiger partial charge in [0.05, 0.1) is 5.69 Å². The van der Waals surface area contributed by atoms with E-state index in [2.05, 4.69) is 9.97 Å². The van der Waals surface area contributed by atoms with Gasteiger partial charge in [-0.25, -0.2) is 9.97 Å². The Kier molecular flexibility index (Phi) is 2.91. The second-order valence-electron chi connectivity index (χ2n) is 3.09. The number of aryl methyl sites for hydroxylation is 1. The number of thioether (sulfide) groups is 1. The Balaban J connectivity index is 2.02. The maximum Gasteiger partial charge on any atom is 0.256 e. The second-order valence-corrected chi connectivity index (χ2v) is 4.02. The molecule has 78 valence electrons. The third kappa shape index (κ3) is 2.50. The van der Waals surface area contributed by atoms with Gasteiger partial charge in [0, 0.05) is 17.5 Å². The number of anilines is 1. The molecule has 0 aromatic carbocycles. The minimum Gasteiger partial charge on any atom is -0.440 e. The van der Waals surface area contributed by atoms with Crippen molar-refractivity contribution < 1.29 is 4.42 Å². The second kappa shape index (κ2) is 4.35. The lowest BCUT2D eigenvalue weighted by molar-refractivity contribution is 0.454. The summed E-state index contributed by atoms with van der Waals surface area (Å²) in [6.45, 7) is 1.89. The average molecular weight is 221 g/mol. The van der Waals surface area contributed by atoms with E-state index in [0.29, 0.717) is 11.0 Å². The molecule has 0 radical (unpaired) electrons. The van der Waals surface area contributed by atoms with E-state index >= 15 is 0 Å². The lowest BCUT2D eigenvalue weighted by Gasteiger charge is -2.00. The predicted octanol–water partition coefficient (Wildman–Crippen LogP) is 2.25. The molecule has 0 spiro atoms. The number of hydrogen-bond acceptors (Lipinski definition) is 5. The molecule has 0 amide bonds. The first kappa shape index (κ1) is 10.0. The van der Waals surface area contributed by atoms with Crippen LogP contribution in [0.5, 0.6) is 0 Å². The summed E-state index contributed by atoms with van der Waals surface area (Å²) in [4.78, 5) is 8.20. The van der Waals surface area contributed by atoms with Crippen molar-refractivity contribution in [1.82, 2.24) is 9.97 Å². The Morgan fingerprint density at radius 2 is 2.40 bits per heavy atom. The summed E-state index contributed by atoms with van der Waals surface area (Å²) in [5.74, 6) is 1.29. The van der Waals surface area contributed by atoms with Crippen molar-refractivity contribution in [2.24, 2.45) is 0 Å². The maximum atomic E-state index is 5.71. The van der Waals surface area contributed by atoms with Gasteiger partial charge in [0.2, 0.25) is 0 Å². The average Bonchev–Trinajstić information content (AvgIpc) is 2.63. The fourth-order valence-electron chi connectivity index (χ4n) is 1.11. The Morgan fingerprint density at radius 1 is 1.53 bits per heavy atom. The number of rotatable bonds is 3. The van der Waals surface area contributed by atoms with Crippen molar-refractivity contribution >= 4 is 17.6 Å². The monoisotopic (exact) mass is 221 g/mol. The molecule has 0 aliphatic heterocycles. The van der Waals surface area contributed by atoms with Gasteiger partial charge in [0.25, 0.3) is 5.22 Å². The molecule has 15 heavy (non-hydrogen) atoms. The first-order valence-electron chi connectivity index (χ1n) is 4.50. The van der Waals surface area contributed by atoms with E-state index in [-0.39, 0.29) is 0 Å². The van der Waals surface area contributed by atoms with Crippen LogP contribution >= 0.6 is 11.8 Å². The van der Waals surface area contributed by atoms with E-state index in [1.165, 1.54) is 11.8 Å². The lowest BCUT2D eigenvalue weighted by atomic mass is 10.3. The number of hydrogen-bond donors (Lipinski definition) is 1. The van der Waals surface area contributed by atoms with Crippen molar-refractivity contribution in [2.45, 2.75) is 17.9 Å². The molecule has 0 unspecified atom stereocenters. The number of oxazole rings is 1. The molecule has 0 bridgehead atoms. The number of aromatic nitrogens is 2. The van der Waals surface area contributed by atoms with E-state index in [1.54, 1.807) is 12.5 Å². The Bertz CT molecular complexity index is 455. The first-order chi connectivity index (χ1) is 7.25. The van der Waals surface area contributed by atoms with Gasteiger partial charge in [0.15, 0.2) is 0 Å². The quantitative estimate of drug-likeness (QED) is 0.805. The fourth-order valence-corrected chi connectivity index (χ4v) is 1.96. The molecular weight excluding hydrogens is 210 g/mol. The number of nitrogens with two attached hydrogens (primary N) is 1. The highest BCUT2D eigenvalue weighted by molar-refractivity contribution is 7.98. The normalized spacial score (nSPS) is 10.5. The van der Waals surface area contributed by atoms with Crippen molar-refractivity contribution in [1.29, 1.82) is 0 Å². The molecule has 5 heteroatoms. The lowest BCUT2D eigenvalue weighted by Crippen LogP contribution is -1.95. The largest absolute Gasteiger partial charge is 0.440 e. The Morgan fingerprint density at radius 3 is 3.07 bits per heavy atom. The topological polar surface area (TPSA) is 64.9 Å². The molecule has 0 atom stereocenters. The van der Waals surface area contributed by atoms with E-state index in [4.69, 9.17) is 10.2 Å². The molecule has 2 aromatic rings. The molecule has 0 saturated heterocycles. The Hall–Kier alpha value is -1.49. The van der Waals surface area contributed by atoms with Crippen LogP contribution < -0.4 is 5.73 Å². The van der Waals surface area contributed by atoms with Crippen LogP contribution in [-0.2, 0) is 5.75 Å². The first-order valence-corrected chi connectivity index (χ1v) is 5.48. The molecule has 2 heterocycles. The number of nitrogen functional groups attached to an aromatic ring is 1. The highest BCUT2D eigenvalue weighted by atomic mass is 32.2. The van der Waals surface area contributed by atoms with Crippen LogP contribution in [0.3, 0.4) is 0 Å². The zero-order chi connectivity index (χ0) is 10.7. The number of pyridine rings is 1. The van der Waals surface area contributed by atoms with Gasteiger partial charge >= 0.3 is 0 Å². The van der Waals surface area contributed by atoms with Crippen LogP contribution in [0.2, 0.25) is 0 Å². The van der Waals surface area contributed by atoms with Crippen molar-refractivity contribution in [3.05, 3.63) is 35.9 Å². The summed E-state index contributed by atoms with van der Waals surface area (Å²) in [7, 11) is 0. The molecule has 2 aromatic heterocycles. The molecule has 2 N–H and O–H groups in total. The van der Waals surface area contributed by atoms with Crippen LogP contribution in [0.4, 0.5) is 5.82 Å². The van der Waals surface area contributed by atoms with Gasteiger partial charge in [-0.15, -0.1) is 0 Å². The minimum atomic E-state index is 0.563.